The molecule has 0 aromatic carbocycles. The smallest absolute Gasteiger partial charge is 0.270 e. The molecule has 8 heteroatoms. The van der Waals surface area contributed by atoms with Crippen molar-refractivity contribution in [2.24, 2.45) is 0 Å². The maximum atomic E-state index is 11.7. The molecule has 5 nitrogen and oxygen atoms in total. The van der Waals surface area contributed by atoms with E-state index in [0.29, 0.717) is 18.1 Å². The minimum atomic E-state index is -3.70. The SMILES string of the molecule is O=C(Cc1ccc(S(=O)(=O)Cl)s1)NC1CCOC1. The van der Waals surface area contributed by atoms with Crippen molar-refractivity contribution < 1.29 is 17.9 Å². The number of hydrogen-bond donors (Lipinski definition) is 1. The topological polar surface area (TPSA) is 72.5 Å². The lowest BCUT2D eigenvalue weighted by Gasteiger charge is -2.09. The molecule has 0 radical (unpaired) electrons. The van der Waals surface area contributed by atoms with E-state index in [1.54, 1.807) is 6.07 Å². The van der Waals surface area contributed by atoms with Crippen molar-refractivity contribution in [3.8, 4) is 0 Å². The highest BCUT2D eigenvalue weighted by molar-refractivity contribution is 8.15. The summed E-state index contributed by atoms with van der Waals surface area (Å²) in [6.45, 7) is 1.20. The molecule has 0 saturated carbocycles. The molecular formula is C10H12ClNO4S2. The second-order valence-corrected chi connectivity index (χ2v) is 7.92. The van der Waals surface area contributed by atoms with Gasteiger partial charge in [0.05, 0.1) is 19.1 Å². The first-order chi connectivity index (χ1) is 8.45. The lowest BCUT2D eigenvalue weighted by Crippen LogP contribution is -2.35. The van der Waals surface area contributed by atoms with Gasteiger partial charge in [-0.2, -0.15) is 0 Å². The molecule has 1 aromatic rings. The molecule has 0 aliphatic carbocycles. The highest BCUT2D eigenvalue weighted by atomic mass is 35.7. The number of amides is 1. The average molecular weight is 310 g/mol. The molecular weight excluding hydrogens is 298 g/mol. The van der Waals surface area contributed by atoms with Crippen LogP contribution in [0.4, 0.5) is 0 Å². The number of nitrogens with one attached hydrogen (secondary N) is 1. The zero-order valence-corrected chi connectivity index (χ0v) is 11.8. The van der Waals surface area contributed by atoms with Crippen LogP contribution in [-0.2, 0) is 25.0 Å². The monoisotopic (exact) mass is 309 g/mol. The predicted octanol–water partition coefficient (Wildman–Crippen LogP) is 1.12. The summed E-state index contributed by atoms with van der Waals surface area (Å²) in [6.07, 6.45) is 0.977. The number of halogens is 1. The van der Waals surface area contributed by atoms with Crippen LogP contribution in [0.1, 0.15) is 11.3 Å². The van der Waals surface area contributed by atoms with Crippen LogP contribution in [0.2, 0.25) is 0 Å². The Morgan fingerprint density at radius 2 is 2.33 bits per heavy atom. The normalized spacial score (nSPS) is 19.9. The van der Waals surface area contributed by atoms with E-state index in [4.69, 9.17) is 15.4 Å². The fourth-order valence-corrected chi connectivity index (χ4v) is 3.79. The number of thiophene rings is 1. The van der Waals surface area contributed by atoms with Crippen LogP contribution >= 0.6 is 22.0 Å². The van der Waals surface area contributed by atoms with Crippen molar-refractivity contribution in [3.63, 3.8) is 0 Å². The Bertz CT molecular complexity index is 534. The van der Waals surface area contributed by atoms with Crippen LogP contribution in [0.5, 0.6) is 0 Å². The summed E-state index contributed by atoms with van der Waals surface area (Å²) in [5, 5.41) is 2.84. The van der Waals surface area contributed by atoms with Crippen LogP contribution in [0.3, 0.4) is 0 Å². The third-order valence-corrected chi connectivity index (χ3v) is 5.68. The van der Waals surface area contributed by atoms with Gasteiger partial charge in [0.25, 0.3) is 9.05 Å². The Morgan fingerprint density at radius 1 is 1.56 bits per heavy atom. The maximum Gasteiger partial charge on any atom is 0.270 e. The second-order valence-electron chi connectivity index (χ2n) is 3.96. The summed E-state index contributed by atoms with van der Waals surface area (Å²) in [6, 6.07) is 3.08. The van der Waals surface area contributed by atoms with Gasteiger partial charge in [0, 0.05) is 22.2 Å². The minimum absolute atomic E-state index is 0.0636. The van der Waals surface area contributed by atoms with Crippen LogP contribution in [0.15, 0.2) is 16.3 Å². The molecule has 1 aliphatic rings. The van der Waals surface area contributed by atoms with E-state index in [1.165, 1.54) is 6.07 Å². The molecule has 1 N–H and O–H groups in total. The molecule has 2 heterocycles. The van der Waals surface area contributed by atoms with E-state index in [2.05, 4.69) is 5.32 Å². The molecule has 1 unspecified atom stereocenters. The number of carbonyl (C=O) groups excluding carboxylic acids is 1. The van der Waals surface area contributed by atoms with Gasteiger partial charge in [-0.05, 0) is 18.6 Å². The first-order valence-electron chi connectivity index (χ1n) is 5.35. The number of hydrogen-bond acceptors (Lipinski definition) is 5. The largest absolute Gasteiger partial charge is 0.379 e. The number of rotatable bonds is 4. The fraction of sp³-hybridized carbons (Fsp3) is 0.500. The van der Waals surface area contributed by atoms with Crippen LogP contribution in [-0.4, -0.2) is 33.6 Å². The first kappa shape index (κ1) is 13.8. The van der Waals surface area contributed by atoms with Gasteiger partial charge in [-0.15, -0.1) is 11.3 Å². The first-order valence-corrected chi connectivity index (χ1v) is 8.48. The molecule has 1 aliphatic heterocycles. The Kier molecular flexibility index (Phi) is 4.26. The van der Waals surface area contributed by atoms with E-state index >= 15 is 0 Å². The third-order valence-electron chi connectivity index (χ3n) is 2.51. The van der Waals surface area contributed by atoms with Gasteiger partial charge < -0.3 is 10.1 Å². The Hall–Kier alpha value is -0.630. The average Bonchev–Trinajstić information content (AvgIpc) is 2.87. The van der Waals surface area contributed by atoms with Crippen LogP contribution in [0, 0.1) is 0 Å². The number of ether oxygens (including phenoxy) is 1. The molecule has 1 amide bonds. The quantitative estimate of drug-likeness (QED) is 0.846. The summed E-state index contributed by atoms with van der Waals surface area (Å²) in [7, 11) is 1.51. The highest BCUT2D eigenvalue weighted by Crippen LogP contribution is 2.25. The standard InChI is InChI=1S/C10H12ClNO4S2/c11-18(14,15)10-2-1-8(17-10)5-9(13)12-7-3-4-16-6-7/h1-2,7H,3-6H2,(H,12,13). The van der Waals surface area contributed by atoms with Gasteiger partial charge in [0.15, 0.2) is 0 Å². The van der Waals surface area contributed by atoms with Crippen molar-refractivity contribution in [2.45, 2.75) is 23.1 Å². The van der Waals surface area contributed by atoms with Gasteiger partial charge in [-0.3, -0.25) is 4.79 Å². The summed E-state index contributed by atoms with van der Waals surface area (Å²) in [5.74, 6) is -0.133. The molecule has 18 heavy (non-hydrogen) atoms. The molecule has 2 rings (SSSR count). The van der Waals surface area contributed by atoms with Gasteiger partial charge in [0.2, 0.25) is 5.91 Å². The molecule has 1 aromatic heterocycles. The third kappa shape index (κ3) is 3.68. The van der Waals surface area contributed by atoms with E-state index < -0.39 is 9.05 Å². The molecule has 1 atom stereocenters. The van der Waals surface area contributed by atoms with Crippen LogP contribution < -0.4 is 5.32 Å². The van der Waals surface area contributed by atoms with Crippen molar-refractivity contribution >= 4 is 37.0 Å². The van der Waals surface area contributed by atoms with E-state index in [0.717, 1.165) is 17.8 Å². The van der Waals surface area contributed by atoms with Crippen molar-refractivity contribution in [1.29, 1.82) is 0 Å². The van der Waals surface area contributed by atoms with Gasteiger partial charge in [-0.1, -0.05) is 0 Å². The minimum Gasteiger partial charge on any atom is -0.379 e. The Balaban J connectivity index is 1.92. The fourth-order valence-electron chi connectivity index (χ4n) is 1.67. The number of carbonyl (C=O) groups is 1. The summed E-state index contributed by atoms with van der Waals surface area (Å²) in [4.78, 5) is 12.4. The van der Waals surface area contributed by atoms with Crippen molar-refractivity contribution in [1.82, 2.24) is 5.32 Å². The van der Waals surface area contributed by atoms with Crippen molar-refractivity contribution in [2.75, 3.05) is 13.2 Å². The van der Waals surface area contributed by atoms with Crippen molar-refractivity contribution in [3.05, 3.63) is 17.0 Å². The molecule has 100 valence electrons. The highest BCUT2D eigenvalue weighted by Gasteiger charge is 2.19. The Labute approximate surface area is 114 Å². The molecule has 0 bridgehead atoms. The van der Waals surface area contributed by atoms with E-state index in [1.807, 2.05) is 0 Å². The molecule has 1 saturated heterocycles. The Morgan fingerprint density at radius 3 is 2.89 bits per heavy atom. The second kappa shape index (κ2) is 5.56. The summed E-state index contributed by atoms with van der Waals surface area (Å²) < 4.78 is 27.4. The van der Waals surface area contributed by atoms with Crippen LogP contribution in [0.25, 0.3) is 0 Å². The lowest BCUT2D eigenvalue weighted by atomic mass is 10.2. The zero-order chi connectivity index (χ0) is 13.2. The zero-order valence-electron chi connectivity index (χ0n) is 9.39. The molecule has 0 spiro atoms. The lowest BCUT2D eigenvalue weighted by molar-refractivity contribution is -0.121. The van der Waals surface area contributed by atoms with Gasteiger partial charge in [-0.25, -0.2) is 8.42 Å². The van der Waals surface area contributed by atoms with Gasteiger partial charge in [0.1, 0.15) is 4.21 Å². The predicted molar refractivity (Wildman–Crippen MR) is 68.4 cm³/mol. The summed E-state index contributed by atoms with van der Waals surface area (Å²) >= 11 is 1.01. The summed E-state index contributed by atoms with van der Waals surface area (Å²) in [5.41, 5.74) is 0. The molecule has 1 fully saturated rings. The van der Waals surface area contributed by atoms with E-state index in [-0.39, 0.29) is 22.6 Å². The van der Waals surface area contributed by atoms with E-state index in [9.17, 15) is 13.2 Å². The van der Waals surface area contributed by atoms with Gasteiger partial charge >= 0.3 is 0 Å². The maximum absolute atomic E-state index is 11.7.